The molecule has 0 unspecified atom stereocenters. The van der Waals surface area contributed by atoms with E-state index in [0.717, 1.165) is 12.2 Å². The number of nitrogens with two attached hydrogens (primary N) is 2. The Morgan fingerprint density at radius 3 is 2.20 bits per heavy atom. The monoisotopic (exact) mass is 144 g/mol. The highest BCUT2D eigenvalue weighted by molar-refractivity contribution is 4.96. The molecular formula is C6H16N4. The Morgan fingerprint density at radius 2 is 1.90 bits per heavy atom. The number of likely N-dealkylation sites (N-methyl/N-ethyl adjacent to an activating group) is 1. The lowest BCUT2D eigenvalue weighted by molar-refractivity contribution is 0.427. The van der Waals surface area contributed by atoms with E-state index in [1.54, 1.807) is 13.2 Å². The topological polar surface area (TPSA) is 58.5 Å². The van der Waals surface area contributed by atoms with Gasteiger partial charge in [0.1, 0.15) is 0 Å². The van der Waals surface area contributed by atoms with Crippen molar-refractivity contribution in [3.63, 3.8) is 0 Å². The summed E-state index contributed by atoms with van der Waals surface area (Å²) in [5.74, 6) is 5.33. The summed E-state index contributed by atoms with van der Waals surface area (Å²) in [6, 6.07) is 0. The van der Waals surface area contributed by atoms with Crippen LogP contribution in [-0.2, 0) is 0 Å². The number of nitrogens with zero attached hydrogens (tertiary/aromatic N) is 2. The minimum absolute atomic E-state index is 0.738. The van der Waals surface area contributed by atoms with Crippen molar-refractivity contribution < 1.29 is 0 Å². The zero-order chi connectivity index (χ0) is 8.15. The van der Waals surface area contributed by atoms with Gasteiger partial charge in [-0.15, -0.1) is 0 Å². The Morgan fingerprint density at radius 1 is 1.40 bits per heavy atom. The van der Waals surface area contributed by atoms with E-state index in [0.29, 0.717) is 0 Å². The van der Waals surface area contributed by atoms with Gasteiger partial charge < -0.3 is 15.6 Å². The Balaban J connectivity index is 3.71. The van der Waals surface area contributed by atoms with Crippen molar-refractivity contribution in [3.8, 4) is 0 Å². The molecule has 0 amide bonds. The molecule has 0 spiro atoms. The lowest BCUT2D eigenvalue weighted by Crippen LogP contribution is -2.25. The SMILES string of the molecule is CN(N)/C=C(\N)CN(C)C. The highest BCUT2D eigenvalue weighted by Crippen LogP contribution is 1.86. The van der Waals surface area contributed by atoms with Gasteiger partial charge in [-0.05, 0) is 14.1 Å². The summed E-state index contributed by atoms with van der Waals surface area (Å²) in [5, 5.41) is 1.44. The fourth-order valence-corrected chi connectivity index (χ4v) is 0.668. The van der Waals surface area contributed by atoms with E-state index in [9.17, 15) is 0 Å². The maximum Gasteiger partial charge on any atom is 0.0400 e. The summed E-state index contributed by atoms with van der Waals surface area (Å²) < 4.78 is 0. The van der Waals surface area contributed by atoms with Gasteiger partial charge in [-0.2, -0.15) is 0 Å². The molecule has 4 heteroatoms. The van der Waals surface area contributed by atoms with Gasteiger partial charge in [0.2, 0.25) is 0 Å². The second kappa shape index (κ2) is 4.14. The van der Waals surface area contributed by atoms with Crippen LogP contribution in [0.1, 0.15) is 0 Å². The van der Waals surface area contributed by atoms with Gasteiger partial charge in [-0.25, -0.2) is 5.84 Å². The quantitative estimate of drug-likeness (QED) is 0.400. The molecule has 0 aromatic carbocycles. The molecule has 0 rings (SSSR count). The van der Waals surface area contributed by atoms with Crippen molar-refractivity contribution in [2.24, 2.45) is 11.6 Å². The third kappa shape index (κ3) is 5.40. The van der Waals surface area contributed by atoms with Crippen LogP contribution in [0.25, 0.3) is 0 Å². The molecule has 0 aliphatic carbocycles. The maximum absolute atomic E-state index is 5.57. The fourth-order valence-electron chi connectivity index (χ4n) is 0.668. The van der Waals surface area contributed by atoms with Crippen LogP contribution in [0.2, 0.25) is 0 Å². The highest BCUT2D eigenvalue weighted by atomic mass is 15.4. The van der Waals surface area contributed by atoms with E-state index in [4.69, 9.17) is 11.6 Å². The fraction of sp³-hybridized carbons (Fsp3) is 0.667. The smallest absolute Gasteiger partial charge is 0.0400 e. The van der Waals surface area contributed by atoms with E-state index < -0.39 is 0 Å². The molecular weight excluding hydrogens is 128 g/mol. The molecule has 0 fully saturated rings. The van der Waals surface area contributed by atoms with Gasteiger partial charge in [-0.3, -0.25) is 0 Å². The lowest BCUT2D eigenvalue weighted by atomic mass is 10.4. The second-order valence-electron chi connectivity index (χ2n) is 2.61. The van der Waals surface area contributed by atoms with Crippen LogP contribution < -0.4 is 11.6 Å². The highest BCUT2D eigenvalue weighted by Gasteiger charge is 1.92. The number of hydrogen-bond acceptors (Lipinski definition) is 4. The van der Waals surface area contributed by atoms with Crippen molar-refractivity contribution in [2.45, 2.75) is 0 Å². The molecule has 0 radical (unpaired) electrons. The molecule has 4 N–H and O–H groups in total. The minimum atomic E-state index is 0.738. The van der Waals surface area contributed by atoms with Crippen molar-refractivity contribution in [1.82, 2.24) is 9.91 Å². The number of hydrazine groups is 1. The first-order chi connectivity index (χ1) is 4.52. The first kappa shape index (κ1) is 9.26. The lowest BCUT2D eigenvalue weighted by Gasteiger charge is -2.11. The average Bonchev–Trinajstić information content (AvgIpc) is 1.58. The summed E-state index contributed by atoms with van der Waals surface area (Å²) >= 11 is 0. The molecule has 0 saturated heterocycles. The summed E-state index contributed by atoms with van der Waals surface area (Å²) in [6.45, 7) is 0.738. The van der Waals surface area contributed by atoms with Gasteiger partial charge in [0.25, 0.3) is 0 Å². The molecule has 0 aromatic rings. The summed E-state index contributed by atoms with van der Waals surface area (Å²) in [4.78, 5) is 1.98. The van der Waals surface area contributed by atoms with Crippen LogP contribution in [0.15, 0.2) is 11.9 Å². The van der Waals surface area contributed by atoms with Gasteiger partial charge in [0, 0.05) is 25.5 Å². The van der Waals surface area contributed by atoms with Crippen molar-refractivity contribution in [1.29, 1.82) is 0 Å². The molecule has 0 saturated carbocycles. The third-order valence-electron chi connectivity index (χ3n) is 0.868. The van der Waals surface area contributed by atoms with E-state index in [1.807, 2.05) is 19.0 Å². The molecule has 4 nitrogen and oxygen atoms in total. The Hall–Kier alpha value is -0.740. The van der Waals surface area contributed by atoms with Crippen molar-refractivity contribution in [2.75, 3.05) is 27.7 Å². The van der Waals surface area contributed by atoms with Gasteiger partial charge in [0.05, 0.1) is 0 Å². The Bertz CT molecular complexity index is 117. The molecule has 0 atom stereocenters. The van der Waals surface area contributed by atoms with Crippen LogP contribution in [0, 0.1) is 0 Å². The minimum Gasteiger partial charge on any atom is -0.400 e. The zero-order valence-electron chi connectivity index (χ0n) is 6.83. The Labute approximate surface area is 62.0 Å². The molecule has 0 aromatic heterocycles. The first-order valence-electron chi connectivity index (χ1n) is 3.11. The van der Waals surface area contributed by atoms with E-state index in [-0.39, 0.29) is 0 Å². The van der Waals surface area contributed by atoms with Crippen molar-refractivity contribution >= 4 is 0 Å². The molecule has 10 heavy (non-hydrogen) atoms. The van der Waals surface area contributed by atoms with E-state index in [1.165, 1.54) is 5.01 Å². The number of rotatable bonds is 3. The molecule has 60 valence electrons. The molecule has 0 aliphatic rings. The van der Waals surface area contributed by atoms with Crippen LogP contribution in [0.5, 0.6) is 0 Å². The predicted molar refractivity (Wildman–Crippen MR) is 42.8 cm³/mol. The standard InChI is InChI=1S/C6H16N4/c1-9(2)4-6(7)5-10(3)8/h5H,4,7-8H2,1-3H3/b6-5-. The second-order valence-corrected chi connectivity index (χ2v) is 2.61. The zero-order valence-corrected chi connectivity index (χ0v) is 6.83. The Kier molecular flexibility index (Phi) is 3.83. The van der Waals surface area contributed by atoms with Crippen LogP contribution in [0.3, 0.4) is 0 Å². The van der Waals surface area contributed by atoms with E-state index >= 15 is 0 Å². The van der Waals surface area contributed by atoms with Crippen molar-refractivity contribution in [3.05, 3.63) is 11.9 Å². The summed E-state index contributed by atoms with van der Waals surface area (Å²) in [6.07, 6.45) is 1.69. The van der Waals surface area contributed by atoms with Gasteiger partial charge >= 0.3 is 0 Å². The van der Waals surface area contributed by atoms with Crippen LogP contribution >= 0.6 is 0 Å². The predicted octanol–water partition coefficient (Wildman–Crippen LogP) is -0.846. The summed E-state index contributed by atoms with van der Waals surface area (Å²) in [7, 11) is 5.65. The van der Waals surface area contributed by atoms with Crippen LogP contribution in [0.4, 0.5) is 0 Å². The summed E-state index contributed by atoms with van der Waals surface area (Å²) in [5.41, 5.74) is 6.33. The normalized spacial score (nSPS) is 12.3. The number of hydrogen-bond donors (Lipinski definition) is 2. The largest absolute Gasteiger partial charge is 0.400 e. The first-order valence-corrected chi connectivity index (χ1v) is 3.11. The molecule has 0 heterocycles. The van der Waals surface area contributed by atoms with Crippen LogP contribution in [-0.4, -0.2) is 37.6 Å². The van der Waals surface area contributed by atoms with Gasteiger partial charge in [0.15, 0.2) is 0 Å². The van der Waals surface area contributed by atoms with E-state index in [2.05, 4.69) is 0 Å². The molecule has 0 bridgehead atoms. The third-order valence-corrected chi connectivity index (χ3v) is 0.868. The molecule has 0 aliphatic heterocycles. The maximum atomic E-state index is 5.57. The average molecular weight is 144 g/mol. The van der Waals surface area contributed by atoms with Gasteiger partial charge in [-0.1, -0.05) is 0 Å².